The van der Waals surface area contributed by atoms with E-state index in [0.717, 1.165) is 21.3 Å². The van der Waals surface area contributed by atoms with Crippen molar-refractivity contribution in [1.29, 1.82) is 0 Å². The van der Waals surface area contributed by atoms with Crippen LogP contribution in [0.15, 0.2) is 41.1 Å². The average Bonchev–Trinajstić information content (AvgIpc) is 2.47. The molecule has 0 saturated heterocycles. The number of halogens is 1. The van der Waals surface area contributed by atoms with Crippen LogP contribution in [0.3, 0.4) is 0 Å². The molecule has 0 fully saturated rings. The van der Waals surface area contributed by atoms with E-state index in [-0.39, 0.29) is 6.04 Å². The molecule has 1 unspecified atom stereocenters. The summed E-state index contributed by atoms with van der Waals surface area (Å²) in [6.07, 6.45) is 4.11. The zero-order chi connectivity index (χ0) is 14.5. The van der Waals surface area contributed by atoms with Crippen molar-refractivity contribution in [3.8, 4) is 11.5 Å². The largest absolute Gasteiger partial charge is 0.496 e. The molecule has 0 aliphatic heterocycles. The maximum Gasteiger partial charge on any atom is 0.141 e. The second-order valence-electron chi connectivity index (χ2n) is 4.40. The number of benzene rings is 1. The molecule has 0 aliphatic carbocycles. The normalized spacial score (nSPS) is 12.0. The summed E-state index contributed by atoms with van der Waals surface area (Å²) < 4.78 is 11.4. The van der Waals surface area contributed by atoms with Crippen molar-refractivity contribution in [1.82, 2.24) is 4.98 Å². The molecule has 1 heterocycles. The first-order chi connectivity index (χ1) is 9.65. The van der Waals surface area contributed by atoms with Gasteiger partial charge in [-0.05, 0) is 46.1 Å². The van der Waals surface area contributed by atoms with Crippen molar-refractivity contribution >= 4 is 15.9 Å². The van der Waals surface area contributed by atoms with E-state index in [2.05, 4.69) is 20.9 Å². The van der Waals surface area contributed by atoms with Gasteiger partial charge in [-0.3, -0.25) is 4.98 Å². The monoisotopic (exact) mass is 336 g/mol. The van der Waals surface area contributed by atoms with Crippen LogP contribution in [0.2, 0.25) is 0 Å². The van der Waals surface area contributed by atoms with E-state index < -0.39 is 0 Å². The summed E-state index contributed by atoms with van der Waals surface area (Å²) in [4.78, 5) is 4.04. The molecular formula is C15H17BrN2O2. The highest BCUT2D eigenvalue weighted by atomic mass is 79.9. The topological polar surface area (TPSA) is 57.4 Å². The second-order valence-corrected chi connectivity index (χ2v) is 5.25. The summed E-state index contributed by atoms with van der Waals surface area (Å²) in [7, 11) is 3.27. The Morgan fingerprint density at radius 1 is 1.20 bits per heavy atom. The van der Waals surface area contributed by atoms with Gasteiger partial charge >= 0.3 is 0 Å². The molecular weight excluding hydrogens is 320 g/mol. The molecule has 0 amide bonds. The number of nitrogens with two attached hydrogens (primary N) is 1. The lowest BCUT2D eigenvalue weighted by Crippen LogP contribution is -2.14. The standard InChI is InChI=1S/C15H17BrN2O2/c1-19-14-4-3-10(7-12(14)16)8-13(17)11-5-6-18-9-15(11)20-2/h3-7,9,13H,8,17H2,1-2H3. The molecule has 2 rings (SSSR count). The fourth-order valence-corrected chi connectivity index (χ4v) is 2.66. The van der Waals surface area contributed by atoms with E-state index in [9.17, 15) is 0 Å². The lowest BCUT2D eigenvalue weighted by atomic mass is 10.00. The zero-order valence-electron chi connectivity index (χ0n) is 11.5. The average molecular weight is 337 g/mol. The van der Waals surface area contributed by atoms with Gasteiger partial charge in [0, 0.05) is 17.8 Å². The van der Waals surface area contributed by atoms with Crippen LogP contribution in [-0.2, 0) is 6.42 Å². The van der Waals surface area contributed by atoms with Crippen LogP contribution in [-0.4, -0.2) is 19.2 Å². The Labute approximate surface area is 127 Å². The van der Waals surface area contributed by atoms with Crippen LogP contribution in [0.25, 0.3) is 0 Å². The predicted octanol–water partition coefficient (Wildman–Crippen LogP) is 3.10. The molecule has 4 nitrogen and oxygen atoms in total. The van der Waals surface area contributed by atoms with Gasteiger partial charge in [0.05, 0.1) is 24.9 Å². The zero-order valence-corrected chi connectivity index (χ0v) is 13.1. The Balaban J connectivity index is 2.19. The summed E-state index contributed by atoms with van der Waals surface area (Å²) in [5.41, 5.74) is 8.35. The minimum absolute atomic E-state index is 0.145. The molecule has 1 aromatic carbocycles. The van der Waals surface area contributed by atoms with Crippen molar-refractivity contribution in [3.05, 3.63) is 52.3 Å². The minimum atomic E-state index is -0.145. The van der Waals surface area contributed by atoms with E-state index in [0.29, 0.717) is 12.2 Å². The lowest BCUT2D eigenvalue weighted by Gasteiger charge is -2.15. The van der Waals surface area contributed by atoms with Gasteiger partial charge in [0.2, 0.25) is 0 Å². The third-order valence-electron chi connectivity index (χ3n) is 3.11. The van der Waals surface area contributed by atoms with Crippen LogP contribution in [0.4, 0.5) is 0 Å². The summed E-state index contributed by atoms with van der Waals surface area (Å²) in [5, 5.41) is 0. The van der Waals surface area contributed by atoms with Gasteiger partial charge in [-0.15, -0.1) is 0 Å². The number of ether oxygens (including phenoxy) is 2. The molecule has 20 heavy (non-hydrogen) atoms. The number of hydrogen-bond acceptors (Lipinski definition) is 4. The molecule has 0 spiro atoms. The van der Waals surface area contributed by atoms with Crippen molar-refractivity contribution < 1.29 is 9.47 Å². The molecule has 0 bridgehead atoms. The Morgan fingerprint density at radius 3 is 2.60 bits per heavy atom. The summed E-state index contributed by atoms with van der Waals surface area (Å²) in [6, 6.07) is 7.70. The first-order valence-electron chi connectivity index (χ1n) is 6.21. The lowest BCUT2D eigenvalue weighted by molar-refractivity contribution is 0.403. The number of pyridine rings is 1. The number of rotatable bonds is 5. The molecule has 0 saturated carbocycles. The summed E-state index contributed by atoms with van der Waals surface area (Å²) >= 11 is 3.48. The second kappa shape index (κ2) is 6.72. The quantitative estimate of drug-likeness (QED) is 0.911. The van der Waals surface area contributed by atoms with Crippen molar-refractivity contribution in [2.45, 2.75) is 12.5 Å². The van der Waals surface area contributed by atoms with E-state index in [1.165, 1.54) is 0 Å². The Bertz CT molecular complexity index is 590. The van der Waals surface area contributed by atoms with Gasteiger partial charge in [0.1, 0.15) is 11.5 Å². The third kappa shape index (κ3) is 3.29. The SMILES string of the molecule is COc1ccc(CC(N)c2ccncc2OC)cc1Br. The van der Waals surface area contributed by atoms with Crippen LogP contribution < -0.4 is 15.2 Å². The highest BCUT2D eigenvalue weighted by Crippen LogP contribution is 2.29. The molecule has 2 aromatic rings. The third-order valence-corrected chi connectivity index (χ3v) is 3.73. The van der Waals surface area contributed by atoms with Crippen LogP contribution >= 0.6 is 15.9 Å². The molecule has 0 radical (unpaired) electrons. The van der Waals surface area contributed by atoms with Crippen LogP contribution in [0, 0.1) is 0 Å². The number of methoxy groups -OCH3 is 2. The molecule has 106 valence electrons. The molecule has 1 atom stereocenters. The first kappa shape index (κ1) is 14.8. The Morgan fingerprint density at radius 2 is 1.95 bits per heavy atom. The molecule has 2 N–H and O–H groups in total. The predicted molar refractivity (Wildman–Crippen MR) is 82.1 cm³/mol. The van der Waals surface area contributed by atoms with Crippen molar-refractivity contribution in [2.75, 3.05) is 14.2 Å². The maximum atomic E-state index is 6.27. The smallest absolute Gasteiger partial charge is 0.141 e. The van der Waals surface area contributed by atoms with E-state index in [4.69, 9.17) is 15.2 Å². The fourth-order valence-electron chi connectivity index (χ4n) is 2.07. The van der Waals surface area contributed by atoms with Gasteiger partial charge in [0.15, 0.2) is 0 Å². The molecule has 0 aliphatic rings. The van der Waals surface area contributed by atoms with Gasteiger partial charge in [-0.2, -0.15) is 0 Å². The van der Waals surface area contributed by atoms with Crippen LogP contribution in [0.5, 0.6) is 11.5 Å². The minimum Gasteiger partial charge on any atom is -0.496 e. The van der Waals surface area contributed by atoms with Gasteiger partial charge in [0.25, 0.3) is 0 Å². The Kier molecular flexibility index (Phi) is 4.98. The van der Waals surface area contributed by atoms with E-state index >= 15 is 0 Å². The highest BCUT2D eigenvalue weighted by Gasteiger charge is 2.13. The summed E-state index contributed by atoms with van der Waals surface area (Å²) in [6.45, 7) is 0. The fraction of sp³-hybridized carbons (Fsp3) is 0.267. The number of nitrogens with zero attached hydrogens (tertiary/aromatic N) is 1. The van der Waals surface area contributed by atoms with Crippen molar-refractivity contribution in [2.24, 2.45) is 5.73 Å². The molecule has 1 aromatic heterocycles. The van der Waals surface area contributed by atoms with Crippen molar-refractivity contribution in [3.63, 3.8) is 0 Å². The van der Waals surface area contributed by atoms with E-state index in [1.54, 1.807) is 26.6 Å². The van der Waals surface area contributed by atoms with Crippen LogP contribution in [0.1, 0.15) is 17.2 Å². The maximum absolute atomic E-state index is 6.27. The molecule has 5 heteroatoms. The number of aromatic nitrogens is 1. The van der Waals surface area contributed by atoms with Gasteiger partial charge < -0.3 is 15.2 Å². The number of hydrogen-bond donors (Lipinski definition) is 1. The summed E-state index contributed by atoms with van der Waals surface area (Å²) in [5.74, 6) is 1.52. The van der Waals surface area contributed by atoms with E-state index in [1.807, 2.05) is 24.3 Å². The highest BCUT2D eigenvalue weighted by molar-refractivity contribution is 9.10. The first-order valence-corrected chi connectivity index (χ1v) is 7.01. The van der Waals surface area contributed by atoms with Gasteiger partial charge in [-0.25, -0.2) is 0 Å². The van der Waals surface area contributed by atoms with Gasteiger partial charge in [-0.1, -0.05) is 6.07 Å². The Hall–Kier alpha value is -1.59.